The topological polar surface area (TPSA) is 45.7 Å². The van der Waals surface area contributed by atoms with Crippen LogP contribution in [0.4, 0.5) is 0 Å². The minimum Gasteiger partial charge on any atom is -0.488 e. The summed E-state index contributed by atoms with van der Waals surface area (Å²) in [5.74, 6) is 2.88. The van der Waals surface area contributed by atoms with Crippen molar-refractivity contribution in [2.24, 2.45) is 10.9 Å². The fourth-order valence-corrected chi connectivity index (χ4v) is 2.69. The van der Waals surface area contributed by atoms with E-state index in [-0.39, 0.29) is 6.10 Å². The molecule has 1 aliphatic heterocycles. The minimum absolute atomic E-state index is 0.168. The van der Waals surface area contributed by atoms with Gasteiger partial charge in [-0.1, -0.05) is 31.0 Å². The third-order valence-electron chi connectivity index (χ3n) is 4.05. The first-order valence-electron chi connectivity index (χ1n) is 8.12. The molecule has 0 spiro atoms. The molecule has 1 aromatic rings. The van der Waals surface area contributed by atoms with E-state index in [2.05, 4.69) is 34.7 Å². The van der Waals surface area contributed by atoms with Gasteiger partial charge < -0.3 is 15.4 Å². The molecule has 1 atom stereocenters. The van der Waals surface area contributed by atoms with Gasteiger partial charge in [-0.3, -0.25) is 0 Å². The fraction of sp³-hybridized carbons (Fsp3) is 0.588. The number of nitrogens with zero attached hydrogens (tertiary/aromatic N) is 1. The average molecular weight is 287 g/mol. The molecule has 0 radical (unpaired) electrons. The van der Waals surface area contributed by atoms with Crippen molar-refractivity contribution in [2.45, 2.75) is 38.7 Å². The van der Waals surface area contributed by atoms with E-state index in [1.165, 1.54) is 24.8 Å². The highest BCUT2D eigenvalue weighted by Gasteiger charge is 2.22. The van der Waals surface area contributed by atoms with Gasteiger partial charge in [0.1, 0.15) is 11.9 Å². The Labute approximate surface area is 127 Å². The third-order valence-corrected chi connectivity index (χ3v) is 4.05. The average Bonchev–Trinajstić information content (AvgIpc) is 3.22. The Bertz CT molecular complexity index is 472. The number of aliphatic imine (C=N–C) groups is 1. The first-order chi connectivity index (χ1) is 10.3. The molecule has 1 aliphatic carbocycles. The summed E-state index contributed by atoms with van der Waals surface area (Å²) in [7, 11) is 0. The van der Waals surface area contributed by atoms with Gasteiger partial charge in [0.2, 0.25) is 0 Å². The van der Waals surface area contributed by atoms with Crippen LogP contribution in [0.15, 0.2) is 29.3 Å². The molecule has 1 saturated carbocycles. The van der Waals surface area contributed by atoms with E-state index in [1.807, 2.05) is 12.1 Å². The molecule has 0 bridgehead atoms. The normalized spacial score (nSPS) is 20.8. The quantitative estimate of drug-likeness (QED) is 0.623. The molecule has 1 unspecified atom stereocenters. The number of guanidine groups is 1. The summed E-state index contributed by atoms with van der Waals surface area (Å²) < 4.78 is 5.93. The zero-order valence-corrected chi connectivity index (χ0v) is 12.8. The van der Waals surface area contributed by atoms with Crippen LogP contribution in [-0.2, 0) is 6.42 Å². The SMILES string of the molecule is CCNC(=NCC1Cc2ccccc2O1)NCCC1CC1. The minimum atomic E-state index is 0.168. The Morgan fingerprint density at radius 3 is 2.90 bits per heavy atom. The zero-order chi connectivity index (χ0) is 14.5. The van der Waals surface area contributed by atoms with Gasteiger partial charge in [0.25, 0.3) is 0 Å². The van der Waals surface area contributed by atoms with E-state index in [0.717, 1.165) is 37.1 Å². The van der Waals surface area contributed by atoms with E-state index >= 15 is 0 Å². The predicted octanol–water partition coefficient (Wildman–Crippen LogP) is 2.35. The number of para-hydroxylation sites is 1. The number of hydrogen-bond donors (Lipinski definition) is 2. The lowest BCUT2D eigenvalue weighted by molar-refractivity contribution is 0.241. The van der Waals surface area contributed by atoms with Crippen LogP contribution >= 0.6 is 0 Å². The van der Waals surface area contributed by atoms with Gasteiger partial charge in [-0.05, 0) is 30.9 Å². The van der Waals surface area contributed by atoms with Gasteiger partial charge in [0, 0.05) is 19.5 Å². The maximum absolute atomic E-state index is 5.93. The number of hydrogen-bond acceptors (Lipinski definition) is 2. The summed E-state index contributed by atoms with van der Waals surface area (Å²) in [5, 5.41) is 6.73. The van der Waals surface area contributed by atoms with Crippen molar-refractivity contribution in [1.29, 1.82) is 0 Å². The van der Waals surface area contributed by atoms with Gasteiger partial charge in [-0.2, -0.15) is 0 Å². The van der Waals surface area contributed by atoms with Crippen molar-refractivity contribution < 1.29 is 4.74 Å². The fourth-order valence-electron chi connectivity index (χ4n) is 2.69. The molecule has 3 rings (SSSR count). The molecule has 0 aromatic heterocycles. The molecule has 0 saturated heterocycles. The number of fused-ring (bicyclic) bond motifs is 1. The molecule has 21 heavy (non-hydrogen) atoms. The predicted molar refractivity (Wildman–Crippen MR) is 85.9 cm³/mol. The molecule has 4 nitrogen and oxygen atoms in total. The summed E-state index contributed by atoms with van der Waals surface area (Å²) in [4.78, 5) is 4.67. The van der Waals surface area contributed by atoms with Crippen molar-refractivity contribution in [2.75, 3.05) is 19.6 Å². The lowest BCUT2D eigenvalue weighted by Crippen LogP contribution is -2.38. The monoisotopic (exact) mass is 287 g/mol. The van der Waals surface area contributed by atoms with Gasteiger partial charge in [-0.15, -0.1) is 0 Å². The van der Waals surface area contributed by atoms with Crippen LogP contribution in [0.2, 0.25) is 0 Å². The molecule has 1 fully saturated rings. The lowest BCUT2D eigenvalue weighted by Gasteiger charge is -2.13. The second kappa shape index (κ2) is 6.83. The Morgan fingerprint density at radius 1 is 1.29 bits per heavy atom. The van der Waals surface area contributed by atoms with Crippen molar-refractivity contribution in [1.82, 2.24) is 10.6 Å². The zero-order valence-electron chi connectivity index (χ0n) is 12.8. The molecule has 1 aromatic carbocycles. The van der Waals surface area contributed by atoms with Gasteiger partial charge in [0.05, 0.1) is 6.54 Å². The van der Waals surface area contributed by atoms with Crippen molar-refractivity contribution in [3.05, 3.63) is 29.8 Å². The van der Waals surface area contributed by atoms with Crippen LogP contribution in [-0.4, -0.2) is 31.7 Å². The van der Waals surface area contributed by atoms with Crippen LogP contribution in [0.25, 0.3) is 0 Å². The maximum atomic E-state index is 5.93. The van der Waals surface area contributed by atoms with Crippen LogP contribution in [0, 0.1) is 5.92 Å². The first kappa shape index (κ1) is 14.2. The first-order valence-corrected chi connectivity index (χ1v) is 8.12. The number of rotatable bonds is 6. The third kappa shape index (κ3) is 4.13. The largest absolute Gasteiger partial charge is 0.488 e. The van der Waals surface area contributed by atoms with E-state index in [0.29, 0.717) is 6.54 Å². The summed E-state index contributed by atoms with van der Waals surface area (Å²) in [6.07, 6.45) is 5.20. The van der Waals surface area contributed by atoms with Gasteiger partial charge >= 0.3 is 0 Å². The summed E-state index contributed by atoms with van der Waals surface area (Å²) in [6, 6.07) is 8.27. The van der Waals surface area contributed by atoms with E-state index in [1.54, 1.807) is 0 Å². The molecular formula is C17H25N3O. The smallest absolute Gasteiger partial charge is 0.191 e. The van der Waals surface area contributed by atoms with E-state index in [4.69, 9.17) is 4.74 Å². The van der Waals surface area contributed by atoms with E-state index in [9.17, 15) is 0 Å². The Balaban J connectivity index is 1.48. The van der Waals surface area contributed by atoms with Crippen LogP contribution in [0.1, 0.15) is 31.7 Å². The molecule has 4 heteroatoms. The molecule has 0 amide bonds. The molecule has 1 heterocycles. The highest BCUT2D eigenvalue weighted by molar-refractivity contribution is 5.79. The van der Waals surface area contributed by atoms with Crippen LogP contribution < -0.4 is 15.4 Å². The molecular weight excluding hydrogens is 262 g/mol. The van der Waals surface area contributed by atoms with Crippen molar-refractivity contribution in [3.63, 3.8) is 0 Å². The van der Waals surface area contributed by atoms with E-state index < -0.39 is 0 Å². The molecule has 2 N–H and O–H groups in total. The van der Waals surface area contributed by atoms with Crippen LogP contribution in [0.5, 0.6) is 5.75 Å². The van der Waals surface area contributed by atoms with Crippen molar-refractivity contribution in [3.8, 4) is 5.75 Å². The lowest BCUT2D eigenvalue weighted by atomic mass is 10.1. The Kier molecular flexibility index (Phi) is 4.63. The summed E-state index contributed by atoms with van der Waals surface area (Å²) >= 11 is 0. The highest BCUT2D eigenvalue weighted by Crippen LogP contribution is 2.31. The van der Waals surface area contributed by atoms with Gasteiger partial charge in [-0.25, -0.2) is 4.99 Å². The van der Waals surface area contributed by atoms with Crippen LogP contribution in [0.3, 0.4) is 0 Å². The number of nitrogens with one attached hydrogen (secondary N) is 2. The molecule has 2 aliphatic rings. The second-order valence-corrected chi connectivity index (χ2v) is 5.93. The van der Waals surface area contributed by atoms with Crippen molar-refractivity contribution >= 4 is 5.96 Å². The Hall–Kier alpha value is -1.71. The highest BCUT2D eigenvalue weighted by atomic mass is 16.5. The van der Waals surface area contributed by atoms with Gasteiger partial charge in [0.15, 0.2) is 5.96 Å². The summed E-state index contributed by atoms with van der Waals surface area (Å²) in [5.41, 5.74) is 1.30. The maximum Gasteiger partial charge on any atom is 0.191 e. The second-order valence-electron chi connectivity index (χ2n) is 5.93. The number of benzene rings is 1. The standard InChI is InChI=1S/C17H25N3O/c1-2-18-17(19-10-9-13-7-8-13)20-12-15-11-14-5-3-4-6-16(14)21-15/h3-6,13,15H,2,7-12H2,1H3,(H2,18,19,20). The Morgan fingerprint density at radius 2 is 2.14 bits per heavy atom. The number of ether oxygens (including phenoxy) is 1. The molecule has 114 valence electrons. The summed E-state index contributed by atoms with van der Waals surface area (Å²) in [6.45, 7) is 4.71.